The van der Waals surface area contributed by atoms with Gasteiger partial charge in [-0.15, -0.1) is 0 Å². The number of aliphatic hydroxyl groups is 1. The molecule has 0 radical (unpaired) electrons. The van der Waals surface area contributed by atoms with Crippen molar-refractivity contribution < 1.29 is 5.11 Å². The molecule has 1 aliphatic heterocycles. The lowest BCUT2D eigenvalue weighted by Gasteiger charge is -2.31. The maximum Gasteiger partial charge on any atom is 0.0474 e. The minimum Gasteiger partial charge on any atom is -0.396 e. The second-order valence-corrected chi connectivity index (χ2v) is 4.91. The van der Waals surface area contributed by atoms with Crippen LogP contribution in [0.2, 0.25) is 5.02 Å². The largest absolute Gasteiger partial charge is 0.396 e. The zero-order chi connectivity index (χ0) is 11.4. The quantitative estimate of drug-likeness (QED) is 0.848. The fourth-order valence-electron chi connectivity index (χ4n) is 2.35. The molecule has 0 amide bonds. The summed E-state index contributed by atoms with van der Waals surface area (Å²) in [6, 6.07) is 8.38. The van der Waals surface area contributed by atoms with Crippen LogP contribution in [0.5, 0.6) is 0 Å². The zero-order valence-electron chi connectivity index (χ0n) is 9.32. The number of rotatable bonds is 3. The number of aliphatic hydroxyl groups excluding tert-OH is 1. The summed E-state index contributed by atoms with van der Waals surface area (Å²) in [7, 11) is 0. The van der Waals surface area contributed by atoms with Crippen molar-refractivity contribution in [3.8, 4) is 0 Å². The Kier molecular flexibility index (Phi) is 4.22. The normalized spacial score (nSPS) is 25.6. The second kappa shape index (κ2) is 5.67. The summed E-state index contributed by atoms with van der Waals surface area (Å²) in [6.45, 7) is 1.35. The first-order chi connectivity index (χ1) is 7.79. The lowest BCUT2D eigenvalue weighted by atomic mass is 9.87. The Morgan fingerprint density at radius 1 is 1.31 bits per heavy atom. The molecular weight excluding hydrogens is 222 g/mol. The van der Waals surface area contributed by atoms with E-state index in [1.54, 1.807) is 0 Å². The Labute approximate surface area is 102 Å². The molecule has 0 bridgehead atoms. The topological polar surface area (TPSA) is 32.3 Å². The van der Waals surface area contributed by atoms with Gasteiger partial charge in [-0.25, -0.2) is 0 Å². The van der Waals surface area contributed by atoms with Gasteiger partial charge in [-0.2, -0.15) is 0 Å². The predicted molar refractivity (Wildman–Crippen MR) is 66.8 cm³/mol. The highest BCUT2D eigenvalue weighted by atomic mass is 35.5. The summed E-state index contributed by atoms with van der Waals surface area (Å²) in [5.41, 5.74) is 1.28. The first kappa shape index (κ1) is 11.9. The summed E-state index contributed by atoms with van der Waals surface area (Å²) in [5.74, 6) is 0.393. The minimum atomic E-state index is 0.283. The van der Waals surface area contributed by atoms with Crippen molar-refractivity contribution in [1.29, 1.82) is 0 Å². The van der Waals surface area contributed by atoms with E-state index in [9.17, 15) is 5.11 Å². The Morgan fingerprint density at radius 2 is 2.06 bits per heavy atom. The fraction of sp³-hybridized carbons (Fsp3) is 0.538. The molecule has 2 unspecified atom stereocenters. The van der Waals surface area contributed by atoms with Crippen LogP contribution in [0.4, 0.5) is 0 Å². The van der Waals surface area contributed by atoms with Crippen LogP contribution in [0.25, 0.3) is 0 Å². The third kappa shape index (κ3) is 2.97. The van der Waals surface area contributed by atoms with Crippen LogP contribution >= 0.6 is 11.6 Å². The van der Waals surface area contributed by atoms with Crippen LogP contribution in [0.1, 0.15) is 18.4 Å². The van der Waals surface area contributed by atoms with Gasteiger partial charge in [0.15, 0.2) is 0 Å². The van der Waals surface area contributed by atoms with Gasteiger partial charge in [-0.05, 0) is 49.4 Å². The summed E-state index contributed by atoms with van der Waals surface area (Å²) in [4.78, 5) is 0. The van der Waals surface area contributed by atoms with E-state index in [-0.39, 0.29) is 6.61 Å². The molecule has 16 heavy (non-hydrogen) atoms. The Morgan fingerprint density at radius 3 is 2.75 bits per heavy atom. The molecule has 2 rings (SSSR count). The van der Waals surface area contributed by atoms with Crippen LogP contribution in [0, 0.1) is 5.92 Å². The van der Waals surface area contributed by atoms with E-state index in [0.29, 0.717) is 12.0 Å². The van der Waals surface area contributed by atoms with Gasteiger partial charge in [0.1, 0.15) is 0 Å². The Bertz CT molecular complexity index is 325. The van der Waals surface area contributed by atoms with E-state index in [2.05, 4.69) is 17.4 Å². The molecule has 2 N–H and O–H groups in total. The lowest BCUT2D eigenvalue weighted by molar-refractivity contribution is 0.159. The number of halogens is 1. The van der Waals surface area contributed by atoms with E-state index in [1.165, 1.54) is 12.0 Å². The van der Waals surface area contributed by atoms with Gasteiger partial charge in [-0.1, -0.05) is 23.7 Å². The van der Waals surface area contributed by atoms with E-state index >= 15 is 0 Å². The van der Waals surface area contributed by atoms with Crippen LogP contribution in [-0.2, 0) is 6.42 Å². The van der Waals surface area contributed by atoms with Gasteiger partial charge in [0, 0.05) is 17.7 Å². The Hall–Kier alpha value is -0.570. The van der Waals surface area contributed by atoms with Crippen LogP contribution in [0.3, 0.4) is 0 Å². The molecular formula is C13H18ClNO. The molecule has 88 valence electrons. The van der Waals surface area contributed by atoms with Crippen molar-refractivity contribution in [1.82, 2.24) is 5.32 Å². The highest BCUT2D eigenvalue weighted by molar-refractivity contribution is 6.30. The van der Waals surface area contributed by atoms with Crippen molar-refractivity contribution in [3.63, 3.8) is 0 Å². The van der Waals surface area contributed by atoms with Crippen molar-refractivity contribution in [2.45, 2.75) is 25.3 Å². The fourth-order valence-corrected chi connectivity index (χ4v) is 2.48. The highest BCUT2D eigenvalue weighted by Gasteiger charge is 2.23. The average molecular weight is 240 g/mol. The molecule has 1 saturated heterocycles. The summed E-state index contributed by atoms with van der Waals surface area (Å²) in [6.07, 6.45) is 3.27. The lowest BCUT2D eigenvalue weighted by Crippen LogP contribution is -2.44. The standard InChI is InChI=1S/C13H18ClNO/c14-12-5-3-10(4-6-12)8-13-11(9-16)2-1-7-15-13/h3-6,11,13,15-16H,1-2,7-9H2. The smallest absolute Gasteiger partial charge is 0.0474 e. The molecule has 3 heteroatoms. The molecule has 0 aliphatic carbocycles. The first-order valence-corrected chi connectivity index (χ1v) is 6.26. The molecule has 1 fully saturated rings. The summed E-state index contributed by atoms with van der Waals surface area (Å²) in [5, 5.41) is 13.6. The van der Waals surface area contributed by atoms with E-state index in [1.807, 2.05) is 12.1 Å². The first-order valence-electron chi connectivity index (χ1n) is 5.88. The van der Waals surface area contributed by atoms with Gasteiger partial charge in [0.2, 0.25) is 0 Å². The molecule has 2 nitrogen and oxygen atoms in total. The van der Waals surface area contributed by atoms with Crippen LogP contribution < -0.4 is 5.32 Å². The van der Waals surface area contributed by atoms with Crippen LogP contribution in [0.15, 0.2) is 24.3 Å². The number of benzene rings is 1. The second-order valence-electron chi connectivity index (χ2n) is 4.48. The number of piperidine rings is 1. The van der Waals surface area contributed by atoms with Crippen molar-refractivity contribution in [3.05, 3.63) is 34.9 Å². The molecule has 2 atom stereocenters. The monoisotopic (exact) mass is 239 g/mol. The molecule has 0 saturated carbocycles. The van der Waals surface area contributed by atoms with Crippen molar-refractivity contribution in [2.24, 2.45) is 5.92 Å². The van der Waals surface area contributed by atoms with E-state index in [4.69, 9.17) is 11.6 Å². The molecule has 1 aromatic rings. The third-order valence-electron chi connectivity index (χ3n) is 3.33. The van der Waals surface area contributed by atoms with Gasteiger partial charge in [0.05, 0.1) is 0 Å². The van der Waals surface area contributed by atoms with Crippen molar-refractivity contribution >= 4 is 11.6 Å². The van der Waals surface area contributed by atoms with Crippen molar-refractivity contribution in [2.75, 3.05) is 13.2 Å². The number of hydrogen-bond acceptors (Lipinski definition) is 2. The maximum absolute atomic E-state index is 9.32. The SMILES string of the molecule is OCC1CCCNC1Cc1ccc(Cl)cc1. The maximum atomic E-state index is 9.32. The number of hydrogen-bond donors (Lipinski definition) is 2. The highest BCUT2D eigenvalue weighted by Crippen LogP contribution is 2.20. The van der Waals surface area contributed by atoms with E-state index < -0.39 is 0 Å². The molecule has 1 heterocycles. The summed E-state index contributed by atoms with van der Waals surface area (Å²) >= 11 is 5.85. The molecule has 0 aromatic heterocycles. The zero-order valence-corrected chi connectivity index (χ0v) is 10.1. The molecule has 1 aliphatic rings. The molecule has 1 aromatic carbocycles. The average Bonchev–Trinajstić information content (AvgIpc) is 2.33. The third-order valence-corrected chi connectivity index (χ3v) is 3.58. The van der Waals surface area contributed by atoms with Crippen LogP contribution in [-0.4, -0.2) is 24.3 Å². The van der Waals surface area contributed by atoms with Gasteiger partial charge < -0.3 is 10.4 Å². The Balaban J connectivity index is 1.99. The van der Waals surface area contributed by atoms with Gasteiger partial charge >= 0.3 is 0 Å². The molecule has 0 spiro atoms. The minimum absolute atomic E-state index is 0.283. The van der Waals surface area contributed by atoms with Gasteiger partial charge in [0.25, 0.3) is 0 Å². The number of nitrogens with one attached hydrogen (secondary N) is 1. The van der Waals surface area contributed by atoms with Gasteiger partial charge in [-0.3, -0.25) is 0 Å². The summed E-state index contributed by atoms with van der Waals surface area (Å²) < 4.78 is 0. The predicted octanol–water partition coefficient (Wildman–Crippen LogP) is 2.24. The van der Waals surface area contributed by atoms with E-state index in [0.717, 1.165) is 24.4 Å².